The van der Waals surface area contributed by atoms with Crippen LogP contribution in [-0.4, -0.2) is 25.7 Å². The Balaban J connectivity index is 1.73. The summed E-state index contributed by atoms with van der Waals surface area (Å²) in [5.41, 5.74) is 6.59. The summed E-state index contributed by atoms with van der Waals surface area (Å²) in [6, 6.07) is 5.50. The van der Waals surface area contributed by atoms with E-state index in [1.807, 2.05) is 6.07 Å². The van der Waals surface area contributed by atoms with Crippen LogP contribution in [0.3, 0.4) is 0 Å². The Hall–Kier alpha value is -1.30. The van der Waals surface area contributed by atoms with Gasteiger partial charge in [-0.1, -0.05) is 11.6 Å². The van der Waals surface area contributed by atoms with E-state index in [0.717, 1.165) is 36.1 Å². The molecule has 0 bridgehead atoms. The molecule has 1 aliphatic rings. The predicted molar refractivity (Wildman–Crippen MR) is 87.1 cm³/mol. The summed E-state index contributed by atoms with van der Waals surface area (Å²) < 4.78 is 6.39. The van der Waals surface area contributed by atoms with Crippen molar-refractivity contribution >= 4 is 44.6 Å². The van der Waals surface area contributed by atoms with E-state index >= 15 is 0 Å². The van der Waals surface area contributed by atoms with Crippen LogP contribution in [0.2, 0.25) is 5.02 Å². The second-order valence-electron chi connectivity index (χ2n) is 5.28. The molecule has 3 rings (SSSR count). The number of anilines is 1. The van der Waals surface area contributed by atoms with Crippen LogP contribution in [0, 0.1) is 5.92 Å². The average molecular weight is 325 g/mol. The van der Waals surface area contributed by atoms with E-state index in [9.17, 15) is 4.79 Å². The standard InChI is InChI=1S/C15H17ClN2O2S/c16-10-3-4-12-11(6-10)13(17)14(21-12)15(19)18-7-9-2-1-5-20-8-9/h3-4,6,9H,1-2,5,7-8,17H2,(H,18,19). The van der Waals surface area contributed by atoms with E-state index in [2.05, 4.69) is 5.32 Å². The molecule has 6 heteroatoms. The third-order valence-corrected chi connectivity index (χ3v) is 5.12. The van der Waals surface area contributed by atoms with Crippen molar-refractivity contribution in [1.82, 2.24) is 5.32 Å². The number of amides is 1. The van der Waals surface area contributed by atoms with Gasteiger partial charge in [-0.3, -0.25) is 4.79 Å². The van der Waals surface area contributed by atoms with Crippen molar-refractivity contribution in [1.29, 1.82) is 0 Å². The Kier molecular flexibility index (Phi) is 4.33. The van der Waals surface area contributed by atoms with Gasteiger partial charge in [0.25, 0.3) is 5.91 Å². The number of hydrogen-bond donors (Lipinski definition) is 2. The van der Waals surface area contributed by atoms with Gasteiger partial charge in [0.05, 0.1) is 12.3 Å². The molecule has 1 aromatic carbocycles. The normalized spacial score (nSPS) is 18.8. The summed E-state index contributed by atoms with van der Waals surface area (Å²) in [5, 5.41) is 4.43. The lowest BCUT2D eigenvalue weighted by Crippen LogP contribution is -2.33. The van der Waals surface area contributed by atoms with Crippen molar-refractivity contribution in [2.75, 3.05) is 25.5 Å². The number of hydrogen-bond acceptors (Lipinski definition) is 4. The average Bonchev–Trinajstić information content (AvgIpc) is 2.83. The maximum atomic E-state index is 12.3. The zero-order chi connectivity index (χ0) is 14.8. The van der Waals surface area contributed by atoms with Crippen LogP contribution in [0.5, 0.6) is 0 Å². The number of halogens is 1. The molecule has 1 saturated heterocycles. The zero-order valence-corrected chi connectivity index (χ0v) is 13.1. The number of benzene rings is 1. The molecule has 0 radical (unpaired) electrons. The van der Waals surface area contributed by atoms with Crippen molar-refractivity contribution in [2.45, 2.75) is 12.8 Å². The number of carbonyl (C=O) groups excluding carboxylic acids is 1. The molecule has 2 heterocycles. The van der Waals surface area contributed by atoms with Gasteiger partial charge in [0.15, 0.2) is 0 Å². The van der Waals surface area contributed by atoms with Crippen molar-refractivity contribution < 1.29 is 9.53 Å². The smallest absolute Gasteiger partial charge is 0.263 e. The Morgan fingerprint density at radius 2 is 2.38 bits per heavy atom. The summed E-state index contributed by atoms with van der Waals surface area (Å²) >= 11 is 7.38. The van der Waals surface area contributed by atoms with Crippen LogP contribution in [0.4, 0.5) is 5.69 Å². The lowest BCUT2D eigenvalue weighted by atomic mass is 10.0. The molecule has 0 saturated carbocycles. The van der Waals surface area contributed by atoms with Gasteiger partial charge in [-0.2, -0.15) is 0 Å². The van der Waals surface area contributed by atoms with Gasteiger partial charge < -0.3 is 15.8 Å². The third kappa shape index (κ3) is 3.15. The maximum absolute atomic E-state index is 12.3. The highest BCUT2D eigenvalue weighted by molar-refractivity contribution is 7.21. The second-order valence-corrected chi connectivity index (χ2v) is 6.77. The molecule has 0 spiro atoms. The van der Waals surface area contributed by atoms with E-state index in [4.69, 9.17) is 22.1 Å². The highest BCUT2D eigenvalue weighted by Crippen LogP contribution is 2.35. The quantitative estimate of drug-likeness (QED) is 0.910. The number of carbonyl (C=O) groups is 1. The Morgan fingerprint density at radius 1 is 1.52 bits per heavy atom. The maximum Gasteiger partial charge on any atom is 0.263 e. The first-order valence-electron chi connectivity index (χ1n) is 6.98. The molecule has 1 atom stereocenters. The molecule has 1 unspecified atom stereocenters. The van der Waals surface area contributed by atoms with E-state index in [-0.39, 0.29) is 5.91 Å². The molecule has 0 aliphatic carbocycles. The fraction of sp³-hybridized carbons (Fsp3) is 0.400. The highest BCUT2D eigenvalue weighted by atomic mass is 35.5. The summed E-state index contributed by atoms with van der Waals surface area (Å²) in [7, 11) is 0. The first kappa shape index (κ1) is 14.6. The minimum atomic E-state index is -0.115. The van der Waals surface area contributed by atoms with Crippen molar-refractivity contribution in [3.8, 4) is 0 Å². The summed E-state index contributed by atoms with van der Waals surface area (Å²) in [5.74, 6) is 0.281. The van der Waals surface area contributed by atoms with Gasteiger partial charge in [0.2, 0.25) is 0 Å². The van der Waals surface area contributed by atoms with Crippen molar-refractivity contribution in [3.63, 3.8) is 0 Å². The second kappa shape index (κ2) is 6.22. The van der Waals surface area contributed by atoms with E-state index in [1.54, 1.807) is 12.1 Å². The Bertz CT molecular complexity index is 665. The molecule has 4 nitrogen and oxygen atoms in total. The third-order valence-electron chi connectivity index (χ3n) is 3.70. The van der Waals surface area contributed by atoms with E-state index in [1.165, 1.54) is 11.3 Å². The molecule has 1 aliphatic heterocycles. The minimum absolute atomic E-state index is 0.115. The highest BCUT2D eigenvalue weighted by Gasteiger charge is 2.19. The van der Waals surface area contributed by atoms with Crippen LogP contribution < -0.4 is 11.1 Å². The first-order valence-corrected chi connectivity index (χ1v) is 8.18. The largest absolute Gasteiger partial charge is 0.397 e. The Morgan fingerprint density at radius 3 is 3.14 bits per heavy atom. The van der Waals surface area contributed by atoms with Gasteiger partial charge >= 0.3 is 0 Å². The van der Waals surface area contributed by atoms with Gasteiger partial charge in [0, 0.05) is 28.3 Å². The topological polar surface area (TPSA) is 64.4 Å². The molecular weight excluding hydrogens is 308 g/mol. The number of fused-ring (bicyclic) bond motifs is 1. The number of thiophene rings is 1. The van der Waals surface area contributed by atoms with Crippen molar-refractivity contribution in [3.05, 3.63) is 28.1 Å². The Labute approximate surface area is 132 Å². The molecule has 1 fully saturated rings. The van der Waals surface area contributed by atoms with Crippen LogP contribution in [0.1, 0.15) is 22.5 Å². The molecule has 3 N–H and O–H groups in total. The molecular formula is C15H17ClN2O2S. The molecule has 112 valence electrons. The monoisotopic (exact) mass is 324 g/mol. The minimum Gasteiger partial charge on any atom is -0.397 e. The van der Waals surface area contributed by atoms with Gasteiger partial charge in [-0.25, -0.2) is 0 Å². The lowest BCUT2D eigenvalue weighted by molar-refractivity contribution is 0.0537. The van der Waals surface area contributed by atoms with Gasteiger partial charge in [-0.15, -0.1) is 11.3 Å². The number of nitrogen functional groups attached to an aromatic ring is 1. The van der Waals surface area contributed by atoms with Gasteiger partial charge in [0.1, 0.15) is 4.88 Å². The SMILES string of the molecule is Nc1c(C(=O)NCC2CCCOC2)sc2ccc(Cl)cc12. The molecule has 1 amide bonds. The molecule has 2 aromatic rings. The van der Waals surface area contributed by atoms with Crippen LogP contribution in [0.15, 0.2) is 18.2 Å². The summed E-state index contributed by atoms with van der Waals surface area (Å²) in [6.07, 6.45) is 2.15. The van der Waals surface area contributed by atoms with Crippen LogP contribution in [0.25, 0.3) is 10.1 Å². The first-order chi connectivity index (χ1) is 10.1. The number of nitrogens with one attached hydrogen (secondary N) is 1. The zero-order valence-electron chi connectivity index (χ0n) is 11.5. The number of rotatable bonds is 3. The van der Waals surface area contributed by atoms with Crippen molar-refractivity contribution in [2.24, 2.45) is 5.92 Å². The fourth-order valence-electron chi connectivity index (χ4n) is 2.54. The summed E-state index contributed by atoms with van der Waals surface area (Å²) in [6.45, 7) is 2.18. The van der Waals surface area contributed by atoms with Crippen LogP contribution in [-0.2, 0) is 4.74 Å². The lowest BCUT2D eigenvalue weighted by Gasteiger charge is -2.22. The van der Waals surface area contributed by atoms with E-state index < -0.39 is 0 Å². The number of nitrogens with two attached hydrogens (primary N) is 1. The predicted octanol–water partition coefficient (Wildman–Crippen LogP) is 3.29. The molecule has 1 aromatic heterocycles. The fourth-order valence-corrected chi connectivity index (χ4v) is 3.74. The molecule has 21 heavy (non-hydrogen) atoms. The van der Waals surface area contributed by atoms with Gasteiger partial charge in [-0.05, 0) is 37.0 Å². The van der Waals surface area contributed by atoms with Crippen LogP contribution >= 0.6 is 22.9 Å². The summed E-state index contributed by atoms with van der Waals surface area (Å²) in [4.78, 5) is 12.9. The number of ether oxygens (including phenoxy) is 1. The van der Waals surface area contributed by atoms with E-state index in [0.29, 0.717) is 28.0 Å².